The minimum atomic E-state index is -0.833. The van der Waals surface area contributed by atoms with Crippen LogP contribution in [0.1, 0.15) is 19.4 Å². The van der Waals surface area contributed by atoms with Gasteiger partial charge in [0.2, 0.25) is 0 Å². The van der Waals surface area contributed by atoms with E-state index in [0.717, 1.165) is 18.2 Å². The summed E-state index contributed by atoms with van der Waals surface area (Å²) in [5.74, 6) is -0.364. The van der Waals surface area contributed by atoms with Crippen LogP contribution in [0.4, 0.5) is 0 Å². The van der Waals surface area contributed by atoms with E-state index < -0.39 is 5.97 Å². The number of carbonyl (C=O) groups excluding carboxylic acids is 1. The lowest BCUT2D eigenvalue weighted by Crippen LogP contribution is -1.98. The van der Waals surface area contributed by atoms with Crippen molar-refractivity contribution in [1.82, 2.24) is 0 Å². The van der Waals surface area contributed by atoms with Gasteiger partial charge in [0.05, 0.1) is 13.7 Å². The van der Waals surface area contributed by atoms with E-state index in [2.05, 4.69) is 0 Å². The van der Waals surface area contributed by atoms with Gasteiger partial charge in [-0.3, -0.25) is 4.79 Å². The molecule has 0 saturated heterocycles. The van der Waals surface area contributed by atoms with Crippen molar-refractivity contribution in [2.75, 3.05) is 13.7 Å². The van der Waals surface area contributed by atoms with Gasteiger partial charge in [-0.15, -0.1) is 0 Å². The van der Waals surface area contributed by atoms with E-state index in [-0.39, 0.29) is 5.97 Å². The Bertz CT molecular complexity index is 416. The molecule has 5 nitrogen and oxygen atoms in total. The van der Waals surface area contributed by atoms with Crippen LogP contribution in [-0.4, -0.2) is 30.8 Å². The first-order valence-electron chi connectivity index (χ1n) is 5.68. The first-order chi connectivity index (χ1) is 8.99. The van der Waals surface area contributed by atoms with Crippen molar-refractivity contribution in [2.45, 2.75) is 13.8 Å². The summed E-state index contributed by atoms with van der Waals surface area (Å²) >= 11 is 0. The fourth-order valence-corrected chi connectivity index (χ4v) is 1.07. The minimum absolute atomic E-state index is 0.326. The summed E-state index contributed by atoms with van der Waals surface area (Å²) in [6.07, 6.45) is 3.11. The SMILES string of the molecule is CC(=O)O.CCOC(=O)/C=C/c1ccc(OC)cc1. The molecule has 19 heavy (non-hydrogen) atoms. The van der Waals surface area contributed by atoms with Crippen LogP contribution in [0, 0.1) is 0 Å². The summed E-state index contributed by atoms with van der Waals surface area (Å²) in [5.41, 5.74) is 0.934. The Morgan fingerprint density at radius 3 is 2.21 bits per heavy atom. The number of ether oxygens (including phenoxy) is 2. The van der Waals surface area contributed by atoms with Crippen LogP contribution < -0.4 is 4.74 Å². The van der Waals surface area contributed by atoms with E-state index in [1.165, 1.54) is 6.08 Å². The van der Waals surface area contributed by atoms with Gasteiger partial charge >= 0.3 is 5.97 Å². The molecule has 0 amide bonds. The number of methoxy groups -OCH3 is 1. The van der Waals surface area contributed by atoms with Gasteiger partial charge in [-0.25, -0.2) is 4.79 Å². The third kappa shape index (κ3) is 9.41. The van der Waals surface area contributed by atoms with Crippen molar-refractivity contribution in [3.05, 3.63) is 35.9 Å². The first kappa shape index (κ1) is 16.7. The number of rotatable bonds is 4. The van der Waals surface area contributed by atoms with Crippen molar-refractivity contribution in [2.24, 2.45) is 0 Å². The summed E-state index contributed by atoms with van der Waals surface area (Å²) in [6, 6.07) is 7.42. The van der Waals surface area contributed by atoms with E-state index >= 15 is 0 Å². The zero-order valence-electron chi connectivity index (χ0n) is 11.3. The lowest BCUT2D eigenvalue weighted by molar-refractivity contribution is -0.137. The van der Waals surface area contributed by atoms with E-state index in [1.54, 1.807) is 20.1 Å². The molecule has 0 unspecified atom stereocenters. The van der Waals surface area contributed by atoms with Crippen molar-refractivity contribution < 1.29 is 24.2 Å². The molecule has 5 heteroatoms. The number of esters is 1. The van der Waals surface area contributed by atoms with Gasteiger partial charge in [-0.05, 0) is 30.7 Å². The standard InChI is InChI=1S/C12H14O3.C2H4O2/c1-3-15-12(13)9-6-10-4-7-11(14-2)8-5-10;1-2(3)4/h4-9H,3H2,1-2H3;1H3,(H,3,4)/b9-6+;. The average molecular weight is 266 g/mol. The van der Waals surface area contributed by atoms with Gasteiger partial charge in [0.1, 0.15) is 5.75 Å². The molecule has 0 atom stereocenters. The van der Waals surface area contributed by atoms with Crippen LogP contribution >= 0.6 is 0 Å². The molecule has 0 aliphatic heterocycles. The highest BCUT2D eigenvalue weighted by atomic mass is 16.5. The second kappa shape index (κ2) is 9.70. The molecule has 0 spiro atoms. The minimum Gasteiger partial charge on any atom is -0.497 e. The highest BCUT2D eigenvalue weighted by Gasteiger charge is 1.94. The lowest BCUT2D eigenvalue weighted by Gasteiger charge is -1.99. The van der Waals surface area contributed by atoms with Crippen molar-refractivity contribution in [3.8, 4) is 5.75 Å². The summed E-state index contributed by atoms with van der Waals surface area (Å²) in [4.78, 5) is 20.0. The molecule has 0 aromatic heterocycles. The van der Waals surface area contributed by atoms with Crippen molar-refractivity contribution >= 4 is 18.0 Å². The molecule has 0 bridgehead atoms. The summed E-state index contributed by atoms with van der Waals surface area (Å²) in [7, 11) is 1.61. The zero-order valence-corrected chi connectivity index (χ0v) is 11.3. The van der Waals surface area contributed by atoms with Gasteiger partial charge in [0, 0.05) is 13.0 Å². The maximum absolute atomic E-state index is 11.0. The van der Waals surface area contributed by atoms with E-state index in [0.29, 0.717) is 6.61 Å². The topological polar surface area (TPSA) is 72.8 Å². The van der Waals surface area contributed by atoms with E-state index in [1.807, 2.05) is 24.3 Å². The maximum atomic E-state index is 11.0. The Hall–Kier alpha value is -2.30. The van der Waals surface area contributed by atoms with Crippen LogP contribution in [0.15, 0.2) is 30.3 Å². The third-order valence-corrected chi connectivity index (χ3v) is 1.81. The molecule has 0 fully saturated rings. The molecule has 104 valence electrons. The molecule has 1 rings (SSSR count). The van der Waals surface area contributed by atoms with Crippen LogP contribution in [-0.2, 0) is 14.3 Å². The number of aliphatic carboxylic acids is 1. The molecular formula is C14H18O5. The molecule has 0 saturated carbocycles. The summed E-state index contributed by atoms with van der Waals surface area (Å²) in [6.45, 7) is 3.25. The predicted octanol–water partition coefficient (Wildman–Crippen LogP) is 2.36. The molecule has 0 radical (unpaired) electrons. The van der Waals surface area contributed by atoms with Gasteiger partial charge in [-0.2, -0.15) is 0 Å². The number of hydrogen-bond donors (Lipinski definition) is 1. The largest absolute Gasteiger partial charge is 0.497 e. The van der Waals surface area contributed by atoms with Crippen LogP contribution in [0.3, 0.4) is 0 Å². The monoisotopic (exact) mass is 266 g/mol. The van der Waals surface area contributed by atoms with Crippen LogP contribution in [0.2, 0.25) is 0 Å². The molecule has 1 N–H and O–H groups in total. The predicted molar refractivity (Wildman–Crippen MR) is 72.0 cm³/mol. The Kier molecular flexibility index (Phi) is 8.53. The normalized spacial score (nSPS) is 9.42. The van der Waals surface area contributed by atoms with Crippen molar-refractivity contribution in [3.63, 3.8) is 0 Å². The smallest absolute Gasteiger partial charge is 0.330 e. The summed E-state index contributed by atoms with van der Waals surface area (Å²) in [5, 5.41) is 7.42. The van der Waals surface area contributed by atoms with Gasteiger partial charge in [0.15, 0.2) is 0 Å². The highest BCUT2D eigenvalue weighted by molar-refractivity contribution is 5.87. The Balaban J connectivity index is 0.000000711. The highest BCUT2D eigenvalue weighted by Crippen LogP contribution is 2.12. The molecule has 0 aliphatic carbocycles. The maximum Gasteiger partial charge on any atom is 0.330 e. The molecule has 1 aromatic rings. The van der Waals surface area contributed by atoms with Crippen LogP contribution in [0.5, 0.6) is 5.75 Å². The Morgan fingerprint density at radius 2 is 1.79 bits per heavy atom. The number of hydrogen-bond acceptors (Lipinski definition) is 4. The fraction of sp³-hybridized carbons (Fsp3) is 0.286. The fourth-order valence-electron chi connectivity index (χ4n) is 1.07. The molecule has 1 aromatic carbocycles. The average Bonchev–Trinajstić information content (AvgIpc) is 2.37. The second-order valence-electron chi connectivity index (χ2n) is 3.38. The number of carbonyl (C=O) groups is 2. The zero-order chi connectivity index (χ0) is 14.7. The molecule has 0 heterocycles. The Labute approximate surface area is 112 Å². The summed E-state index contributed by atoms with van der Waals surface area (Å²) < 4.78 is 9.78. The lowest BCUT2D eigenvalue weighted by atomic mass is 10.2. The van der Waals surface area contributed by atoms with E-state index in [9.17, 15) is 4.79 Å². The van der Waals surface area contributed by atoms with Gasteiger partial charge < -0.3 is 14.6 Å². The quantitative estimate of drug-likeness (QED) is 0.669. The Morgan fingerprint density at radius 1 is 1.26 bits per heavy atom. The molecular weight excluding hydrogens is 248 g/mol. The second-order valence-corrected chi connectivity index (χ2v) is 3.38. The first-order valence-corrected chi connectivity index (χ1v) is 5.68. The van der Waals surface area contributed by atoms with E-state index in [4.69, 9.17) is 19.4 Å². The number of carboxylic acids is 1. The number of benzene rings is 1. The third-order valence-electron chi connectivity index (χ3n) is 1.81. The van der Waals surface area contributed by atoms with Crippen molar-refractivity contribution in [1.29, 1.82) is 0 Å². The molecule has 0 aliphatic rings. The van der Waals surface area contributed by atoms with Gasteiger partial charge in [0.25, 0.3) is 5.97 Å². The van der Waals surface area contributed by atoms with Gasteiger partial charge in [-0.1, -0.05) is 12.1 Å². The van der Waals surface area contributed by atoms with Crippen LogP contribution in [0.25, 0.3) is 6.08 Å². The number of carboxylic acid groups (broad SMARTS) is 1.